The third-order valence-electron chi connectivity index (χ3n) is 2.82. The van der Waals surface area contributed by atoms with Gasteiger partial charge >= 0.3 is 16.1 Å². The molecule has 0 aromatic heterocycles. The number of hydrogen-bond acceptors (Lipinski definition) is 5. The second kappa shape index (κ2) is 6.51. The van der Waals surface area contributed by atoms with Crippen molar-refractivity contribution in [1.29, 1.82) is 0 Å². The van der Waals surface area contributed by atoms with Crippen molar-refractivity contribution in [3.63, 3.8) is 0 Å². The molecule has 0 radical (unpaired) electrons. The van der Waals surface area contributed by atoms with Crippen LogP contribution in [0.5, 0.6) is 0 Å². The zero-order valence-corrected chi connectivity index (χ0v) is 12.0. The van der Waals surface area contributed by atoms with Gasteiger partial charge in [0.15, 0.2) is 0 Å². The molecule has 1 atom stereocenters. The molecule has 5 nitrogen and oxygen atoms in total. The monoisotopic (exact) mass is 305 g/mol. The fourth-order valence-electron chi connectivity index (χ4n) is 1.76. The molecule has 0 bridgehead atoms. The van der Waals surface area contributed by atoms with Crippen molar-refractivity contribution in [3.05, 3.63) is 66.2 Å². The lowest BCUT2D eigenvalue weighted by Gasteiger charge is -2.11. The standard InChI is InChI=1S/C15H15NO4S/c16-14(11-12-7-3-1-4-8-12)15(17)20-21(18,19)13-9-5-2-6-10-13/h1-10,14H,11,16H2/t14-/m0/s1. The Labute approximate surface area is 123 Å². The minimum absolute atomic E-state index is 0.0785. The quantitative estimate of drug-likeness (QED) is 0.846. The van der Waals surface area contributed by atoms with Crippen molar-refractivity contribution >= 4 is 16.1 Å². The maximum absolute atomic E-state index is 11.9. The minimum atomic E-state index is -4.13. The van der Waals surface area contributed by atoms with E-state index in [2.05, 4.69) is 4.18 Å². The predicted octanol–water partition coefficient (Wildman–Crippen LogP) is 1.49. The van der Waals surface area contributed by atoms with Crippen molar-refractivity contribution < 1.29 is 17.4 Å². The van der Waals surface area contributed by atoms with Crippen LogP contribution in [0.25, 0.3) is 0 Å². The second-order valence-electron chi connectivity index (χ2n) is 4.47. The van der Waals surface area contributed by atoms with Crippen molar-refractivity contribution in [1.82, 2.24) is 0 Å². The van der Waals surface area contributed by atoms with E-state index in [9.17, 15) is 13.2 Å². The first-order valence-electron chi connectivity index (χ1n) is 6.32. The lowest BCUT2D eigenvalue weighted by molar-refractivity contribution is -0.135. The van der Waals surface area contributed by atoms with E-state index in [1.54, 1.807) is 30.3 Å². The number of nitrogens with two attached hydrogens (primary N) is 1. The number of hydrogen-bond donors (Lipinski definition) is 1. The fourth-order valence-corrected chi connectivity index (χ4v) is 2.68. The van der Waals surface area contributed by atoms with Crippen LogP contribution in [0.15, 0.2) is 65.6 Å². The maximum atomic E-state index is 11.9. The molecular weight excluding hydrogens is 290 g/mol. The highest BCUT2D eigenvalue weighted by atomic mass is 32.2. The molecule has 0 aliphatic carbocycles. The van der Waals surface area contributed by atoms with Gasteiger partial charge in [-0.25, -0.2) is 4.79 Å². The minimum Gasteiger partial charge on any atom is -0.341 e. The Kier molecular flexibility index (Phi) is 4.72. The molecule has 0 spiro atoms. The molecule has 2 rings (SSSR count). The van der Waals surface area contributed by atoms with E-state index in [0.717, 1.165) is 5.56 Å². The van der Waals surface area contributed by atoms with E-state index in [-0.39, 0.29) is 11.3 Å². The van der Waals surface area contributed by atoms with Gasteiger partial charge in [0.25, 0.3) is 0 Å². The number of rotatable bonds is 5. The van der Waals surface area contributed by atoms with Gasteiger partial charge in [-0.2, -0.15) is 8.42 Å². The summed E-state index contributed by atoms with van der Waals surface area (Å²) in [5, 5.41) is 0. The molecule has 0 aliphatic rings. The summed E-state index contributed by atoms with van der Waals surface area (Å²) in [6.45, 7) is 0. The van der Waals surface area contributed by atoms with E-state index >= 15 is 0 Å². The van der Waals surface area contributed by atoms with Gasteiger partial charge in [-0.3, -0.25) is 0 Å². The Morgan fingerprint density at radius 1 is 1.00 bits per heavy atom. The van der Waals surface area contributed by atoms with Crippen molar-refractivity contribution in [2.75, 3.05) is 0 Å². The Morgan fingerprint density at radius 2 is 1.52 bits per heavy atom. The summed E-state index contributed by atoms with van der Waals surface area (Å²) in [6.07, 6.45) is 0.212. The van der Waals surface area contributed by atoms with Gasteiger partial charge in [0.2, 0.25) is 0 Å². The summed E-state index contributed by atoms with van der Waals surface area (Å²) in [7, 11) is -4.13. The molecule has 0 amide bonds. The van der Waals surface area contributed by atoms with Gasteiger partial charge in [0.1, 0.15) is 10.9 Å². The van der Waals surface area contributed by atoms with Gasteiger partial charge < -0.3 is 9.92 Å². The van der Waals surface area contributed by atoms with Gasteiger partial charge in [0.05, 0.1) is 0 Å². The average Bonchev–Trinajstić information content (AvgIpc) is 2.48. The average molecular weight is 305 g/mol. The summed E-state index contributed by atoms with van der Waals surface area (Å²) in [4.78, 5) is 11.7. The summed E-state index contributed by atoms with van der Waals surface area (Å²) in [5.41, 5.74) is 6.53. The lowest BCUT2D eigenvalue weighted by atomic mass is 10.1. The summed E-state index contributed by atoms with van der Waals surface area (Å²) >= 11 is 0. The molecule has 2 N–H and O–H groups in total. The molecule has 0 saturated carbocycles. The first-order valence-corrected chi connectivity index (χ1v) is 7.73. The third kappa shape index (κ3) is 4.14. The van der Waals surface area contributed by atoms with Crippen molar-refractivity contribution in [2.24, 2.45) is 5.73 Å². The van der Waals surface area contributed by atoms with Gasteiger partial charge in [0, 0.05) is 0 Å². The van der Waals surface area contributed by atoms with E-state index in [4.69, 9.17) is 5.73 Å². The Morgan fingerprint density at radius 3 is 2.10 bits per heavy atom. The molecule has 0 heterocycles. The Hall–Kier alpha value is -2.18. The van der Waals surface area contributed by atoms with Crippen LogP contribution < -0.4 is 5.73 Å². The summed E-state index contributed by atoms with van der Waals surface area (Å²) in [6, 6.07) is 15.5. The normalized spacial score (nSPS) is 12.6. The molecule has 0 unspecified atom stereocenters. The predicted molar refractivity (Wildman–Crippen MR) is 77.8 cm³/mol. The fraction of sp³-hybridized carbons (Fsp3) is 0.133. The first-order chi connectivity index (χ1) is 9.99. The second-order valence-corrected chi connectivity index (χ2v) is 6.01. The topological polar surface area (TPSA) is 86.5 Å². The van der Waals surface area contributed by atoms with Crippen LogP contribution >= 0.6 is 0 Å². The summed E-state index contributed by atoms with van der Waals surface area (Å²) in [5.74, 6) is -0.970. The first kappa shape index (κ1) is 15.2. The SMILES string of the molecule is N[C@@H](Cc1ccccc1)C(=O)OS(=O)(=O)c1ccccc1. The highest BCUT2D eigenvalue weighted by Crippen LogP contribution is 2.13. The summed E-state index contributed by atoms with van der Waals surface area (Å²) < 4.78 is 28.4. The number of carbonyl (C=O) groups excluding carboxylic acids is 1. The highest BCUT2D eigenvalue weighted by Gasteiger charge is 2.24. The molecule has 0 saturated heterocycles. The van der Waals surface area contributed by atoms with E-state index in [1.165, 1.54) is 12.1 Å². The Balaban J connectivity index is 2.04. The largest absolute Gasteiger partial charge is 0.341 e. The zero-order chi connectivity index (χ0) is 15.3. The van der Waals surface area contributed by atoms with Gasteiger partial charge in [-0.05, 0) is 24.1 Å². The maximum Gasteiger partial charge on any atom is 0.341 e. The number of carbonyl (C=O) groups is 1. The molecule has 2 aromatic rings. The van der Waals surface area contributed by atoms with Gasteiger partial charge in [-0.15, -0.1) is 0 Å². The van der Waals surface area contributed by atoms with Crippen LogP contribution in [0, 0.1) is 0 Å². The molecule has 2 aromatic carbocycles. The number of benzene rings is 2. The molecule has 0 aliphatic heterocycles. The van der Waals surface area contributed by atoms with Gasteiger partial charge in [-0.1, -0.05) is 48.5 Å². The Bertz CT molecular complexity index is 699. The third-order valence-corrected chi connectivity index (χ3v) is 4.06. The lowest BCUT2D eigenvalue weighted by Crippen LogP contribution is -2.35. The van der Waals surface area contributed by atoms with Crippen LogP contribution in [-0.4, -0.2) is 20.4 Å². The molecule has 0 fully saturated rings. The highest BCUT2D eigenvalue weighted by molar-refractivity contribution is 7.87. The van der Waals surface area contributed by atoms with E-state index < -0.39 is 22.1 Å². The van der Waals surface area contributed by atoms with Crippen LogP contribution in [0.1, 0.15) is 5.56 Å². The molecule has 6 heteroatoms. The smallest absolute Gasteiger partial charge is 0.341 e. The van der Waals surface area contributed by atoms with Crippen LogP contribution in [0.2, 0.25) is 0 Å². The molecular formula is C15H15NO4S. The van der Waals surface area contributed by atoms with E-state index in [0.29, 0.717) is 0 Å². The zero-order valence-electron chi connectivity index (χ0n) is 11.2. The van der Waals surface area contributed by atoms with Crippen LogP contribution in [0.3, 0.4) is 0 Å². The molecule has 21 heavy (non-hydrogen) atoms. The van der Waals surface area contributed by atoms with Crippen LogP contribution in [0.4, 0.5) is 0 Å². The van der Waals surface area contributed by atoms with Crippen molar-refractivity contribution in [2.45, 2.75) is 17.4 Å². The van der Waals surface area contributed by atoms with E-state index in [1.807, 2.05) is 18.2 Å². The van der Waals surface area contributed by atoms with Crippen LogP contribution in [-0.2, 0) is 25.5 Å². The molecule has 110 valence electrons. The van der Waals surface area contributed by atoms with Crippen molar-refractivity contribution in [3.8, 4) is 0 Å².